The van der Waals surface area contributed by atoms with Gasteiger partial charge in [-0.1, -0.05) is 42.0 Å². The predicted octanol–water partition coefficient (Wildman–Crippen LogP) is 3.84. The number of carbonyl (C=O) groups excluding carboxylic acids is 2. The third-order valence-corrected chi connectivity index (χ3v) is 3.50. The second kappa shape index (κ2) is 7.66. The SMILES string of the molecule is CCN=C1CC=CC=C(C(=O)/C=C/c2ccccc2Cl)C1=O. The van der Waals surface area contributed by atoms with Crippen LogP contribution in [0, 0.1) is 0 Å². The zero-order chi connectivity index (χ0) is 15.9. The minimum Gasteiger partial charge on any atom is -0.289 e. The van der Waals surface area contributed by atoms with Crippen LogP contribution in [0.4, 0.5) is 0 Å². The van der Waals surface area contributed by atoms with Gasteiger partial charge in [0.05, 0.1) is 11.3 Å². The lowest BCUT2D eigenvalue weighted by Crippen LogP contribution is -2.20. The largest absolute Gasteiger partial charge is 0.289 e. The fourth-order valence-corrected chi connectivity index (χ4v) is 2.25. The Kier molecular flexibility index (Phi) is 5.61. The van der Waals surface area contributed by atoms with Crippen molar-refractivity contribution >= 4 is 35.0 Å². The van der Waals surface area contributed by atoms with Crippen molar-refractivity contribution in [3.05, 3.63) is 64.7 Å². The third-order valence-electron chi connectivity index (χ3n) is 3.15. The van der Waals surface area contributed by atoms with Gasteiger partial charge in [0.1, 0.15) is 0 Å². The Hall–Kier alpha value is -2.26. The lowest BCUT2D eigenvalue weighted by atomic mass is 10.0. The molecule has 0 spiro atoms. The minimum absolute atomic E-state index is 0.129. The van der Waals surface area contributed by atoms with Gasteiger partial charge in [-0.05, 0) is 36.8 Å². The zero-order valence-electron chi connectivity index (χ0n) is 12.3. The molecule has 1 aliphatic rings. The van der Waals surface area contributed by atoms with Gasteiger partial charge in [-0.2, -0.15) is 0 Å². The van der Waals surface area contributed by atoms with Gasteiger partial charge in [0.2, 0.25) is 5.78 Å². The molecule has 0 N–H and O–H groups in total. The van der Waals surface area contributed by atoms with Crippen molar-refractivity contribution in [1.29, 1.82) is 0 Å². The Morgan fingerprint density at radius 1 is 1.36 bits per heavy atom. The summed E-state index contributed by atoms with van der Waals surface area (Å²) in [7, 11) is 0. The molecule has 1 aliphatic carbocycles. The number of hydrogen-bond acceptors (Lipinski definition) is 3. The molecule has 0 bridgehead atoms. The topological polar surface area (TPSA) is 46.5 Å². The van der Waals surface area contributed by atoms with Crippen LogP contribution in [0.5, 0.6) is 0 Å². The molecule has 112 valence electrons. The molecule has 0 fully saturated rings. The molecule has 0 radical (unpaired) electrons. The minimum atomic E-state index is -0.347. The first-order valence-corrected chi connectivity index (χ1v) is 7.43. The Balaban J connectivity index is 2.23. The summed E-state index contributed by atoms with van der Waals surface area (Å²) in [6.07, 6.45) is 8.52. The molecule has 3 nitrogen and oxygen atoms in total. The smallest absolute Gasteiger partial charge is 0.210 e. The van der Waals surface area contributed by atoms with Crippen molar-refractivity contribution in [3.63, 3.8) is 0 Å². The summed E-state index contributed by atoms with van der Waals surface area (Å²) in [4.78, 5) is 28.8. The highest BCUT2D eigenvalue weighted by Gasteiger charge is 2.21. The van der Waals surface area contributed by atoms with E-state index < -0.39 is 0 Å². The first kappa shape index (κ1) is 16.1. The van der Waals surface area contributed by atoms with Crippen LogP contribution in [0.25, 0.3) is 6.08 Å². The molecule has 0 unspecified atom stereocenters. The molecular formula is C18H16ClNO2. The van der Waals surface area contributed by atoms with E-state index in [1.54, 1.807) is 30.4 Å². The molecule has 0 heterocycles. The lowest BCUT2D eigenvalue weighted by molar-refractivity contribution is -0.116. The summed E-state index contributed by atoms with van der Waals surface area (Å²) >= 11 is 6.04. The normalized spacial score (nSPS) is 16.9. The maximum Gasteiger partial charge on any atom is 0.210 e. The fourth-order valence-electron chi connectivity index (χ4n) is 2.05. The fraction of sp³-hybridized carbons (Fsp3) is 0.167. The van der Waals surface area contributed by atoms with Crippen molar-refractivity contribution in [1.82, 2.24) is 0 Å². The lowest BCUT2D eigenvalue weighted by Gasteiger charge is -2.03. The van der Waals surface area contributed by atoms with E-state index in [1.807, 2.05) is 25.1 Å². The highest BCUT2D eigenvalue weighted by Crippen LogP contribution is 2.17. The van der Waals surface area contributed by atoms with Crippen molar-refractivity contribution in [2.24, 2.45) is 4.99 Å². The summed E-state index contributed by atoms with van der Waals surface area (Å²) in [5.41, 5.74) is 1.28. The number of nitrogens with zero attached hydrogens (tertiary/aromatic N) is 1. The van der Waals surface area contributed by atoms with Gasteiger partial charge < -0.3 is 0 Å². The number of aliphatic imine (C=N–C) groups is 1. The van der Waals surface area contributed by atoms with Crippen molar-refractivity contribution < 1.29 is 9.59 Å². The second-order valence-electron chi connectivity index (χ2n) is 4.68. The van der Waals surface area contributed by atoms with E-state index in [0.717, 1.165) is 5.56 Å². The van der Waals surface area contributed by atoms with E-state index >= 15 is 0 Å². The van der Waals surface area contributed by atoms with Crippen LogP contribution < -0.4 is 0 Å². The maximum absolute atomic E-state index is 12.3. The van der Waals surface area contributed by atoms with Crippen molar-refractivity contribution in [2.75, 3.05) is 6.54 Å². The Labute approximate surface area is 134 Å². The average Bonchev–Trinajstić information content (AvgIpc) is 2.69. The number of carbonyl (C=O) groups is 2. The van der Waals surface area contributed by atoms with Crippen LogP contribution in [0.3, 0.4) is 0 Å². The summed E-state index contributed by atoms with van der Waals surface area (Å²) in [5, 5.41) is 0.556. The summed E-state index contributed by atoms with van der Waals surface area (Å²) in [6.45, 7) is 2.38. The van der Waals surface area contributed by atoms with Gasteiger partial charge in [0, 0.05) is 18.0 Å². The van der Waals surface area contributed by atoms with Gasteiger partial charge in [0.15, 0.2) is 5.78 Å². The highest BCUT2D eigenvalue weighted by molar-refractivity contribution is 6.53. The molecule has 0 saturated heterocycles. The number of rotatable bonds is 4. The van der Waals surface area contributed by atoms with Crippen molar-refractivity contribution in [3.8, 4) is 0 Å². The number of Topliss-reactive ketones (excluding diaryl/α,β-unsaturated/α-hetero) is 1. The molecule has 0 aliphatic heterocycles. The molecule has 0 saturated carbocycles. The zero-order valence-corrected chi connectivity index (χ0v) is 13.0. The average molecular weight is 314 g/mol. The van der Waals surface area contributed by atoms with E-state index in [4.69, 9.17) is 11.6 Å². The van der Waals surface area contributed by atoms with Gasteiger partial charge in [0.25, 0.3) is 0 Å². The number of benzene rings is 1. The first-order chi connectivity index (χ1) is 10.6. The number of hydrogen-bond donors (Lipinski definition) is 0. The van der Waals surface area contributed by atoms with Gasteiger partial charge >= 0.3 is 0 Å². The third kappa shape index (κ3) is 3.89. The standard InChI is InChI=1S/C18H16ClNO2/c1-2-20-16-10-6-4-8-14(18(16)22)17(21)12-11-13-7-3-5-9-15(13)19/h3-9,11-12H,2,10H2,1H3/b12-11+,20-16?. The van der Waals surface area contributed by atoms with Crippen LogP contribution >= 0.6 is 11.6 Å². The molecule has 2 rings (SSSR count). The Morgan fingerprint density at radius 2 is 2.14 bits per heavy atom. The maximum atomic E-state index is 12.3. The predicted molar refractivity (Wildman–Crippen MR) is 90.3 cm³/mol. The van der Waals surface area contributed by atoms with E-state index in [9.17, 15) is 9.59 Å². The van der Waals surface area contributed by atoms with E-state index in [2.05, 4.69) is 4.99 Å². The first-order valence-electron chi connectivity index (χ1n) is 7.05. The van der Waals surface area contributed by atoms with E-state index in [-0.39, 0.29) is 17.1 Å². The van der Waals surface area contributed by atoms with Crippen LogP contribution in [-0.2, 0) is 9.59 Å². The van der Waals surface area contributed by atoms with Crippen molar-refractivity contribution in [2.45, 2.75) is 13.3 Å². The Morgan fingerprint density at radius 3 is 2.86 bits per heavy atom. The summed E-state index contributed by atoms with van der Waals surface area (Å²) < 4.78 is 0. The van der Waals surface area contributed by atoms with Gasteiger partial charge in [-0.15, -0.1) is 0 Å². The number of allylic oxidation sites excluding steroid dienone is 5. The molecule has 22 heavy (non-hydrogen) atoms. The van der Waals surface area contributed by atoms with E-state index in [1.165, 1.54) is 6.08 Å². The summed E-state index contributed by atoms with van der Waals surface area (Å²) in [5.74, 6) is -0.652. The Bertz CT molecular complexity index is 712. The second-order valence-corrected chi connectivity index (χ2v) is 5.09. The molecule has 0 atom stereocenters. The van der Waals surface area contributed by atoms with E-state index in [0.29, 0.717) is 23.7 Å². The van der Waals surface area contributed by atoms with Crippen LogP contribution in [0.2, 0.25) is 5.02 Å². The summed E-state index contributed by atoms with van der Waals surface area (Å²) in [6, 6.07) is 7.20. The van der Waals surface area contributed by atoms with Crippen LogP contribution in [-0.4, -0.2) is 23.8 Å². The quantitative estimate of drug-likeness (QED) is 0.626. The number of ketones is 2. The molecular weight excluding hydrogens is 298 g/mol. The van der Waals surface area contributed by atoms with Gasteiger partial charge in [-0.25, -0.2) is 0 Å². The molecule has 1 aromatic carbocycles. The molecule has 4 heteroatoms. The number of halogens is 1. The highest BCUT2D eigenvalue weighted by atomic mass is 35.5. The monoisotopic (exact) mass is 313 g/mol. The van der Waals surface area contributed by atoms with Gasteiger partial charge in [-0.3, -0.25) is 14.6 Å². The molecule has 0 amide bonds. The van der Waals surface area contributed by atoms with Crippen LogP contribution in [0.15, 0.2) is 59.1 Å². The molecule has 1 aromatic rings. The van der Waals surface area contributed by atoms with Crippen LogP contribution in [0.1, 0.15) is 18.9 Å². The molecule has 0 aromatic heterocycles.